The topological polar surface area (TPSA) is 84.8 Å². The van der Waals surface area contributed by atoms with Crippen molar-refractivity contribution in [2.75, 3.05) is 0 Å². The number of rotatable bonds is 5. The lowest BCUT2D eigenvalue weighted by molar-refractivity contribution is -0.119. The lowest BCUT2D eigenvalue weighted by Gasteiger charge is -2.08. The Kier molecular flexibility index (Phi) is 4.05. The van der Waals surface area contributed by atoms with Gasteiger partial charge in [-0.15, -0.1) is 0 Å². The number of carbonyl (C=O) groups is 1. The summed E-state index contributed by atoms with van der Waals surface area (Å²) in [5.41, 5.74) is 2.94. The van der Waals surface area contributed by atoms with Gasteiger partial charge in [-0.2, -0.15) is 10.2 Å². The number of nitrogens with one attached hydrogen (secondary N) is 2. The Morgan fingerprint density at radius 2 is 1.96 bits per heavy atom. The molecule has 2 aromatic heterocycles. The highest BCUT2D eigenvalue weighted by Crippen LogP contribution is 2.27. The number of ether oxygens (including phenoxy) is 1. The number of H-pyrrole nitrogens is 1. The molecule has 7 heteroatoms. The summed E-state index contributed by atoms with van der Waals surface area (Å²) >= 11 is 0. The molecule has 1 saturated heterocycles. The van der Waals surface area contributed by atoms with Gasteiger partial charge in [-0.1, -0.05) is 0 Å². The maximum absolute atomic E-state index is 11.4. The number of aromatic amines is 1. The van der Waals surface area contributed by atoms with E-state index >= 15 is 0 Å². The second kappa shape index (κ2) is 6.84. The van der Waals surface area contributed by atoms with E-state index in [1.54, 1.807) is 6.20 Å². The molecule has 140 valence electrons. The van der Waals surface area contributed by atoms with Crippen molar-refractivity contribution in [2.24, 2.45) is 0 Å². The highest BCUT2D eigenvalue weighted by atomic mass is 16.5. The molecule has 1 atom stereocenters. The van der Waals surface area contributed by atoms with E-state index in [-0.39, 0.29) is 11.9 Å². The number of amides is 1. The highest BCUT2D eigenvalue weighted by molar-refractivity contribution is 5.80. The van der Waals surface area contributed by atoms with Gasteiger partial charge in [-0.3, -0.25) is 14.6 Å². The van der Waals surface area contributed by atoms with Crippen molar-refractivity contribution in [1.82, 2.24) is 25.3 Å². The summed E-state index contributed by atoms with van der Waals surface area (Å²) in [6.07, 6.45) is 5.18. The van der Waals surface area contributed by atoms with Crippen LogP contribution in [0.5, 0.6) is 11.5 Å². The van der Waals surface area contributed by atoms with Crippen molar-refractivity contribution >= 4 is 16.8 Å². The van der Waals surface area contributed by atoms with Crippen LogP contribution in [0.4, 0.5) is 0 Å². The Hall–Kier alpha value is -3.61. The maximum Gasteiger partial charge on any atom is 0.220 e. The van der Waals surface area contributed by atoms with Crippen LogP contribution in [0.25, 0.3) is 22.2 Å². The molecule has 4 aromatic rings. The van der Waals surface area contributed by atoms with Crippen LogP contribution in [0.3, 0.4) is 0 Å². The first kappa shape index (κ1) is 16.6. The summed E-state index contributed by atoms with van der Waals surface area (Å²) in [4.78, 5) is 11.4. The first-order chi connectivity index (χ1) is 13.7. The van der Waals surface area contributed by atoms with Crippen molar-refractivity contribution in [1.29, 1.82) is 0 Å². The summed E-state index contributed by atoms with van der Waals surface area (Å²) in [5.74, 6) is 1.65. The first-order valence-corrected chi connectivity index (χ1v) is 9.27. The van der Waals surface area contributed by atoms with Gasteiger partial charge in [0.15, 0.2) is 0 Å². The molecule has 0 spiro atoms. The van der Waals surface area contributed by atoms with Crippen molar-refractivity contribution in [3.63, 3.8) is 0 Å². The molecule has 2 N–H and O–H groups in total. The molecule has 5 rings (SSSR count). The van der Waals surface area contributed by atoms with Gasteiger partial charge in [0.2, 0.25) is 5.91 Å². The van der Waals surface area contributed by atoms with Crippen molar-refractivity contribution in [2.45, 2.75) is 25.4 Å². The number of fused-ring (bicyclic) bond motifs is 1. The smallest absolute Gasteiger partial charge is 0.220 e. The lowest BCUT2D eigenvalue weighted by Crippen LogP contribution is -2.29. The Morgan fingerprint density at radius 1 is 1.11 bits per heavy atom. The van der Waals surface area contributed by atoms with Crippen LogP contribution in [0, 0.1) is 0 Å². The molecule has 0 saturated carbocycles. The van der Waals surface area contributed by atoms with Crippen molar-refractivity contribution in [3.8, 4) is 22.8 Å². The van der Waals surface area contributed by atoms with E-state index < -0.39 is 0 Å². The first-order valence-electron chi connectivity index (χ1n) is 9.27. The zero-order valence-electron chi connectivity index (χ0n) is 15.1. The van der Waals surface area contributed by atoms with E-state index in [1.807, 2.05) is 59.4 Å². The van der Waals surface area contributed by atoms with Crippen LogP contribution in [-0.2, 0) is 11.3 Å². The zero-order chi connectivity index (χ0) is 18.9. The third-order valence-corrected chi connectivity index (χ3v) is 4.92. The Morgan fingerprint density at radius 3 is 2.71 bits per heavy atom. The molecular weight excluding hydrogens is 354 g/mol. The molecular formula is C21H19N5O2. The van der Waals surface area contributed by atoms with Crippen LogP contribution in [0.15, 0.2) is 60.9 Å². The Labute approximate surface area is 161 Å². The molecule has 1 fully saturated rings. The molecule has 1 amide bonds. The number of hydrogen-bond donors (Lipinski definition) is 2. The lowest BCUT2D eigenvalue weighted by atomic mass is 10.1. The van der Waals surface area contributed by atoms with Gasteiger partial charge in [-0.05, 0) is 60.5 Å². The molecule has 1 aliphatic heterocycles. The van der Waals surface area contributed by atoms with Gasteiger partial charge in [0.25, 0.3) is 0 Å². The van der Waals surface area contributed by atoms with Crippen molar-refractivity contribution in [3.05, 3.63) is 60.9 Å². The van der Waals surface area contributed by atoms with E-state index in [1.165, 1.54) is 0 Å². The van der Waals surface area contributed by atoms with Gasteiger partial charge in [0.1, 0.15) is 11.5 Å². The summed E-state index contributed by atoms with van der Waals surface area (Å²) in [7, 11) is 0. The predicted molar refractivity (Wildman–Crippen MR) is 105 cm³/mol. The fraction of sp³-hybridized carbons (Fsp3) is 0.190. The van der Waals surface area contributed by atoms with Gasteiger partial charge in [-0.25, -0.2) is 0 Å². The summed E-state index contributed by atoms with van der Waals surface area (Å²) in [5, 5.41) is 15.5. The molecule has 7 nitrogen and oxygen atoms in total. The average molecular weight is 373 g/mol. The monoisotopic (exact) mass is 373 g/mol. The second-order valence-electron chi connectivity index (χ2n) is 6.97. The van der Waals surface area contributed by atoms with E-state index in [0.29, 0.717) is 13.0 Å². The van der Waals surface area contributed by atoms with Gasteiger partial charge in [0, 0.05) is 30.2 Å². The predicted octanol–water partition coefficient (Wildman–Crippen LogP) is 3.50. The van der Waals surface area contributed by atoms with E-state index in [9.17, 15) is 4.79 Å². The van der Waals surface area contributed by atoms with Crippen LogP contribution in [0.2, 0.25) is 0 Å². The van der Waals surface area contributed by atoms with E-state index in [4.69, 9.17) is 4.74 Å². The number of carbonyl (C=O) groups excluding carboxylic acids is 1. The number of aromatic nitrogens is 4. The SMILES string of the molecule is O=C1CCC(Cn2cc3cc(Oc4ccc(-c5ccn[nH]5)cc4)ccc3n2)N1. The Balaban J connectivity index is 1.31. The minimum atomic E-state index is 0.121. The fourth-order valence-electron chi connectivity index (χ4n) is 3.51. The molecule has 0 aliphatic carbocycles. The summed E-state index contributed by atoms with van der Waals surface area (Å²) in [6, 6.07) is 15.8. The molecule has 28 heavy (non-hydrogen) atoms. The molecule has 1 unspecified atom stereocenters. The normalized spacial score (nSPS) is 16.4. The summed E-state index contributed by atoms with van der Waals surface area (Å²) < 4.78 is 7.89. The zero-order valence-corrected chi connectivity index (χ0v) is 15.1. The van der Waals surface area contributed by atoms with Crippen LogP contribution in [0.1, 0.15) is 12.8 Å². The quantitative estimate of drug-likeness (QED) is 0.561. The second-order valence-corrected chi connectivity index (χ2v) is 6.97. The molecule has 3 heterocycles. The fourth-order valence-corrected chi connectivity index (χ4v) is 3.51. The van der Waals surface area contributed by atoms with E-state index in [2.05, 4.69) is 20.6 Å². The molecule has 2 aromatic carbocycles. The van der Waals surface area contributed by atoms with Crippen LogP contribution >= 0.6 is 0 Å². The Bertz CT molecular complexity index is 1120. The van der Waals surface area contributed by atoms with Crippen LogP contribution in [-0.4, -0.2) is 31.9 Å². The summed E-state index contributed by atoms with van der Waals surface area (Å²) in [6.45, 7) is 0.686. The minimum Gasteiger partial charge on any atom is -0.457 e. The van der Waals surface area contributed by atoms with Gasteiger partial charge < -0.3 is 10.1 Å². The van der Waals surface area contributed by atoms with Gasteiger partial charge >= 0.3 is 0 Å². The third kappa shape index (κ3) is 3.34. The number of nitrogens with zero attached hydrogens (tertiary/aromatic N) is 3. The number of hydrogen-bond acceptors (Lipinski definition) is 4. The minimum absolute atomic E-state index is 0.121. The molecule has 0 bridgehead atoms. The van der Waals surface area contributed by atoms with Crippen LogP contribution < -0.4 is 10.1 Å². The van der Waals surface area contributed by atoms with E-state index in [0.717, 1.165) is 40.1 Å². The standard InChI is InChI=1S/C21H19N5O2/c27-21-8-3-16(23-21)13-26-12-15-11-18(6-7-20(15)25-26)28-17-4-1-14(2-5-17)19-9-10-22-24-19/h1-2,4-7,9-12,16H,3,8,13H2,(H,22,24)(H,23,27). The maximum atomic E-state index is 11.4. The average Bonchev–Trinajstić information content (AvgIpc) is 3.43. The number of benzene rings is 2. The largest absolute Gasteiger partial charge is 0.457 e. The molecule has 1 aliphatic rings. The van der Waals surface area contributed by atoms with Gasteiger partial charge in [0.05, 0.1) is 17.8 Å². The third-order valence-electron chi connectivity index (χ3n) is 4.92. The highest BCUT2D eigenvalue weighted by Gasteiger charge is 2.21. The molecule has 0 radical (unpaired) electrons. The van der Waals surface area contributed by atoms with Crippen molar-refractivity contribution < 1.29 is 9.53 Å².